The molecule has 2 heterocycles. The van der Waals surface area contributed by atoms with Crippen LogP contribution in [0.3, 0.4) is 0 Å². The van der Waals surface area contributed by atoms with E-state index >= 15 is 0 Å². The van der Waals surface area contributed by atoms with Gasteiger partial charge in [-0.2, -0.15) is 0 Å². The van der Waals surface area contributed by atoms with Crippen molar-refractivity contribution in [2.75, 3.05) is 0 Å². The minimum absolute atomic E-state index is 0.0231. The molecule has 1 unspecified atom stereocenters. The zero-order valence-electron chi connectivity index (χ0n) is 17.9. The molecule has 0 radical (unpaired) electrons. The molecule has 2 nitrogen and oxygen atoms in total. The van der Waals surface area contributed by atoms with E-state index in [4.69, 9.17) is 40.5 Å². The zero-order chi connectivity index (χ0) is 22.3. The van der Waals surface area contributed by atoms with Gasteiger partial charge >= 0.3 is 0 Å². The lowest BCUT2D eigenvalue weighted by atomic mass is 9.77. The maximum absolute atomic E-state index is 7.04. The van der Waals surface area contributed by atoms with Crippen molar-refractivity contribution in [2.24, 2.45) is 5.73 Å². The number of nitrogens with zero attached hydrogens (tertiary/aromatic N) is 1. The third kappa shape index (κ3) is 4.32. The molecule has 5 rings (SSSR count). The zero-order valence-corrected chi connectivity index (χ0v) is 20.1. The van der Waals surface area contributed by atoms with Crippen LogP contribution >= 0.6 is 34.8 Å². The van der Waals surface area contributed by atoms with Gasteiger partial charge in [0.05, 0.1) is 6.04 Å². The Kier molecular flexibility index (Phi) is 6.26. The first-order chi connectivity index (χ1) is 15.4. The number of hydrogen-bond acceptors (Lipinski definition) is 2. The summed E-state index contributed by atoms with van der Waals surface area (Å²) < 4.78 is 0. The van der Waals surface area contributed by atoms with E-state index in [0.29, 0.717) is 12.1 Å². The molecule has 3 aromatic rings. The van der Waals surface area contributed by atoms with E-state index in [9.17, 15) is 0 Å². The molecule has 0 amide bonds. The lowest BCUT2D eigenvalue weighted by Crippen LogP contribution is -2.57. The molecule has 5 heteroatoms. The summed E-state index contributed by atoms with van der Waals surface area (Å²) in [5, 5.41) is 2.32. The van der Waals surface area contributed by atoms with Gasteiger partial charge in [-0.15, -0.1) is 0 Å². The van der Waals surface area contributed by atoms with E-state index in [-0.39, 0.29) is 11.6 Å². The number of halogens is 3. The average molecular weight is 486 g/mol. The van der Waals surface area contributed by atoms with Gasteiger partial charge < -0.3 is 5.73 Å². The van der Waals surface area contributed by atoms with Gasteiger partial charge in [0.25, 0.3) is 0 Å². The van der Waals surface area contributed by atoms with Crippen molar-refractivity contribution in [3.8, 4) is 0 Å². The summed E-state index contributed by atoms with van der Waals surface area (Å²) in [5.74, 6) is 0. The van der Waals surface area contributed by atoms with Gasteiger partial charge in [0, 0.05) is 32.7 Å². The first-order valence-corrected chi connectivity index (χ1v) is 12.4. The number of nitrogens with two attached hydrogens (primary N) is 1. The highest BCUT2D eigenvalue weighted by atomic mass is 35.5. The molecule has 0 aliphatic carbocycles. The van der Waals surface area contributed by atoms with Crippen LogP contribution in [0, 0.1) is 0 Å². The van der Waals surface area contributed by atoms with Crippen molar-refractivity contribution in [1.29, 1.82) is 0 Å². The van der Waals surface area contributed by atoms with Gasteiger partial charge in [0.2, 0.25) is 0 Å². The van der Waals surface area contributed by atoms with Crippen molar-refractivity contribution >= 4 is 34.8 Å². The second kappa shape index (κ2) is 9.00. The molecule has 2 N–H and O–H groups in total. The lowest BCUT2D eigenvalue weighted by Gasteiger charge is -2.48. The van der Waals surface area contributed by atoms with Crippen LogP contribution < -0.4 is 5.73 Å². The third-order valence-corrected chi connectivity index (χ3v) is 8.07. The highest BCUT2D eigenvalue weighted by Gasteiger charge is 2.49. The molecule has 0 spiro atoms. The smallest absolute Gasteiger partial charge is 0.0636 e. The van der Waals surface area contributed by atoms with Crippen molar-refractivity contribution in [2.45, 2.75) is 55.8 Å². The minimum atomic E-state index is -0.221. The Bertz CT molecular complexity index is 1040. The number of rotatable bonds is 5. The monoisotopic (exact) mass is 484 g/mol. The van der Waals surface area contributed by atoms with Crippen molar-refractivity contribution < 1.29 is 0 Å². The summed E-state index contributed by atoms with van der Waals surface area (Å²) >= 11 is 19.5. The van der Waals surface area contributed by atoms with Crippen LogP contribution in [0.2, 0.25) is 15.1 Å². The first kappa shape index (κ1) is 22.3. The molecule has 2 aliphatic rings. The summed E-state index contributed by atoms with van der Waals surface area (Å²) in [6, 6.07) is 25.2. The number of hydrogen-bond donors (Lipinski definition) is 1. The van der Waals surface area contributed by atoms with Gasteiger partial charge in [0.15, 0.2) is 0 Å². The molecular formula is C27H27Cl3N2. The largest absolute Gasteiger partial charge is 0.325 e. The Hall–Kier alpha value is -1.55. The second-order valence-electron chi connectivity index (χ2n) is 9.35. The van der Waals surface area contributed by atoms with Gasteiger partial charge in [-0.05, 0) is 73.1 Å². The van der Waals surface area contributed by atoms with Crippen molar-refractivity contribution in [3.63, 3.8) is 0 Å². The topological polar surface area (TPSA) is 29.3 Å². The normalized spacial score (nSPS) is 25.4. The van der Waals surface area contributed by atoms with Crippen LogP contribution in [0.25, 0.3) is 0 Å². The van der Waals surface area contributed by atoms with Gasteiger partial charge in [-0.1, -0.05) is 83.3 Å². The van der Waals surface area contributed by atoms with E-state index in [1.807, 2.05) is 36.4 Å². The van der Waals surface area contributed by atoms with Gasteiger partial charge in [-0.3, -0.25) is 4.90 Å². The number of benzene rings is 3. The van der Waals surface area contributed by atoms with Crippen LogP contribution in [-0.4, -0.2) is 22.5 Å². The lowest BCUT2D eigenvalue weighted by molar-refractivity contribution is 0.0605. The molecule has 2 fully saturated rings. The quantitative estimate of drug-likeness (QED) is 0.411. The van der Waals surface area contributed by atoms with Gasteiger partial charge in [-0.25, -0.2) is 0 Å². The fraction of sp³-hybridized carbons (Fsp3) is 0.333. The van der Waals surface area contributed by atoms with Crippen LogP contribution in [0.1, 0.15) is 48.4 Å². The molecular weight excluding hydrogens is 459 g/mol. The van der Waals surface area contributed by atoms with Crippen molar-refractivity contribution in [1.82, 2.24) is 4.90 Å². The Labute approximate surface area is 205 Å². The van der Waals surface area contributed by atoms with E-state index in [1.54, 1.807) is 0 Å². The van der Waals surface area contributed by atoms with E-state index in [2.05, 4.69) is 41.3 Å². The highest BCUT2D eigenvalue weighted by Crippen LogP contribution is 2.49. The Morgan fingerprint density at radius 2 is 1.28 bits per heavy atom. The molecule has 0 aromatic heterocycles. The Morgan fingerprint density at radius 1 is 0.781 bits per heavy atom. The minimum Gasteiger partial charge on any atom is -0.325 e. The highest BCUT2D eigenvalue weighted by molar-refractivity contribution is 6.32. The van der Waals surface area contributed by atoms with Crippen LogP contribution in [-0.2, 0) is 6.42 Å². The standard InChI is InChI=1S/C27H27Cl3N2/c28-19-11-9-18(10-12-19)15-27(31)16-20-13-14-21(17-27)32(20)26(22-5-1-3-7-24(22)29)23-6-2-4-8-25(23)30/h1-12,20-21,26H,13-17,31H2/t20-,21+,27?. The first-order valence-electron chi connectivity index (χ1n) is 11.2. The fourth-order valence-corrected chi connectivity index (χ4v) is 6.48. The number of fused-ring (bicyclic) bond motifs is 2. The maximum Gasteiger partial charge on any atom is 0.0636 e. The summed E-state index contributed by atoms with van der Waals surface area (Å²) in [4.78, 5) is 2.65. The molecule has 0 saturated carbocycles. The van der Waals surface area contributed by atoms with Gasteiger partial charge in [0.1, 0.15) is 0 Å². The van der Waals surface area contributed by atoms with E-state index in [0.717, 1.165) is 58.3 Å². The van der Waals surface area contributed by atoms with Crippen LogP contribution in [0.5, 0.6) is 0 Å². The average Bonchev–Trinajstić information content (AvgIpc) is 3.04. The van der Waals surface area contributed by atoms with E-state index < -0.39 is 0 Å². The fourth-order valence-electron chi connectivity index (χ4n) is 5.88. The second-order valence-corrected chi connectivity index (χ2v) is 10.6. The Morgan fingerprint density at radius 3 is 1.78 bits per heavy atom. The predicted octanol–water partition coefficient (Wildman–Crippen LogP) is 7.30. The SMILES string of the molecule is NC1(Cc2ccc(Cl)cc2)C[C@H]2CC[C@@H](C1)N2C(c1ccccc1Cl)c1ccccc1Cl. The molecule has 32 heavy (non-hydrogen) atoms. The maximum atomic E-state index is 7.04. The van der Waals surface area contributed by atoms with E-state index in [1.165, 1.54) is 5.56 Å². The molecule has 3 atom stereocenters. The number of piperidine rings is 1. The van der Waals surface area contributed by atoms with Crippen LogP contribution in [0.15, 0.2) is 72.8 Å². The molecule has 2 bridgehead atoms. The predicted molar refractivity (Wildman–Crippen MR) is 135 cm³/mol. The van der Waals surface area contributed by atoms with Crippen LogP contribution in [0.4, 0.5) is 0 Å². The molecule has 2 aliphatic heterocycles. The molecule has 2 saturated heterocycles. The summed E-state index contributed by atoms with van der Waals surface area (Å²) in [7, 11) is 0. The third-order valence-electron chi connectivity index (χ3n) is 7.13. The summed E-state index contributed by atoms with van der Waals surface area (Å²) in [5.41, 5.74) is 10.3. The molecule has 3 aromatic carbocycles. The summed E-state index contributed by atoms with van der Waals surface area (Å²) in [6.45, 7) is 0. The Balaban J connectivity index is 1.49. The van der Waals surface area contributed by atoms with Crippen molar-refractivity contribution in [3.05, 3.63) is 105 Å². The molecule has 166 valence electrons. The summed E-state index contributed by atoms with van der Waals surface area (Å²) in [6.07, 6.45) is 5.08.